The van der Waals surface area contributed by atoms with Gasteiger partial charge in [-0.3, -0.25) is 0 Å². The van der Waals surface area contributed by atoms with E-state index in [2.05, 4.69) is 60.4 Å². The van der Waals surface area contributed by atoms with Gasteiger partial charge in [0, 0.05) is 28.2 Å². The van der Waals surface area contributed by atoms with Crippen LogP contribution in [0.15, 0.2) is 48.5 Å². The maximum absolute atomic E-state index is 6.18. The normalized spacial score (nSPS) is 11.4. The molecule has 0 saturated carbocycles. The zero-order valence-electron chi connectivity index (χ0n) is 12.4. The summed E-state index contributed by atoms with van der Waals surface area (Å²) in [5, 5.41) is 2.01. The second-order valence-electron chi connectivity index (χ2n) is 5.59. The van der Waals surface area contributed by atoms with Gasteiger partial charge in [0.15, 0.2) is 0 Å². The minimum atomic E-state index is 0.784. The zero-order valence-corrected chi connectivity index (χ0v) is 13.1. The molecule has 108 valence electrons. The van der Waals surface area contributed by atoms with E-state index in [1.54, 1.807) is 0 Å². The lowest BCUT2D eigenvalue weighted by Crippen LogP contribution is -2.15. The van der Waals surface area contributed by atoms with Crippen LogP contribution >= 0.6 is 11.6 Å². The molecule has 0 aliphatic heterocycles. The Labute approximate surface area is 130 Å². The van der Waals surface area contributed by atoms with Crippen molar-refractivity contribution in [3.8, 4) is 11.3 Å². The van der Waals surface area contributed by atoms with Crippen LogP contribution in [0, 0.1) is 0 Å². The van der Waals surface area contributed by atoms with Crippen LogP contribution in [0.4, 0.5) is 0 Å². The van der Waals surface area contributed by atoms with E-state index in [1.165, 1.54) is 22.2 Å². The summed E-state index contributed by atoms with van der Waals surface area (Å²) >= 11 is 6.18. The second-order valence-corrected chi connectivity index (χ2v) is 6.02. The highest BCUT2D eigenvalue weighted by molar-refractivity contribution is 6.31. The van der Waals surface area contributed by atoms with Gasteiger partial charge in [-0.1, -0.05) is 41.9 Å². The van der Waals surface area contributed by atoms with Gasteiger partial charge in [0.1, 0.15) is 0 Å². The Kier molecular flexibility index (Phi) is 4.00. The molecule has 1 aromatic heterocycles. The highest BCUT2D eigenvalue weighted by Gasteiger charge is 2.13. The molecule has 0 radical (unpaired) electrons. The predicted molar refractivity (Wildman–Crippen MR) is 91.0 cm³/mol. The molecular weight excluding hydrogens is 280 g/mol. The molecule has 1 N–H and O–H groups in total. The fourth-order valence-electron chi connectivity index (χ4n) is 2.67. The number of nitrogens with zero attached hydrogens (tertiary/aromatic N) is 1. The first-order valence-corrected chi connectivity index (χ1v) is 7.53. The fraction of sp³-hybridized carbons (Fsp3) is 0.222. The lowest BCUT2D eigenvalue weighted by molar-refractivity contribution is 0.414. The number of rotatable bonds is 4. The summed E-state index contributed by atoms with van der Waals surface area (Å²) in [6.07, 6.45) is 0.998. The maximum atomic E-state index is 6.18. The molecule has 0 amide bonds. The van der Waals surface area contributed by atoms with Crippen LogP contribution in [0.2, 0.25) is 5.02 Å². The third-order valence-electron chi connectivity index (χ3n) is 3.74. The van der Waals surface area contributed by atoms with E-state index in [0.29, 0.717) is 0 Å². The van der Waals surface area contributed by atoms with Crippen LogP contribution in [0.5, 0.6) is 0 Å². The first-order chi connectivity index (χ1) is 10.1. The van der Waals surface area contributed by atoms with Crippen molar-refractivity contribution in [1.29, 1.82) is 0 Å². The van der Waals surface area contributed by atoms with Gasteiger partial charge in [-0.25, -0.2) is 0 Å². The molecule has 3 heteroatoms. The molecule has 0 bridgehead atoms. The van der Waals surface area contributed by atoms with Gasteiger partial charge in [0.2, 0.25) is 0 Å². The van der Waals surface area contributed by atoms with Crippen molar-refractivity contribution in [1.82, 2.24) is 9.88 Å². The number of hydrogen-bond donors (Lipinski definition) is 1. The van der Waals surface area contributed by atoms with E-state index in [-0.39, 0.29) is 0 Å². The summed E-state index contributed by atoms with van der Waals surface area (Å²) in [6.45, 7) is 1.01. The van der Waals surface area contributed by atoms with Crippen molar-refractivity contribution in [2.45, 2.75) is 6.42 Å². The van der Waals surface area contributed by atoms with Crippen LogP contribution in [0.1, 0.15) is 5.56 Å². The van der Waals surface area contributed by atoms with Gasteiger partial charge in [-0.15, -0.1) is 0 Å². The van der Waals surface area contributed by atoms with Gasteiger partial charge in [0.25, 0.3) is 0 Å². The third-order valence-corrected chi connectivity index (χ3v) is 3.97. The maximum Gasteiger partial charge on any atom is 0.0497 e. The summed E-state index contributed by atoms with van der Waals surface area (Å²) in [6, 6.07) is 16.5. The molecule has 2 nitrogen and oxygen atoms in total. The first-order valence-electron chi connectivity index (χ1n) is 7.15. The van der Waals surface area contributed by atoms with Crippen LogP contribution in [0.25, 0.3) is 22.2 Å². The van der Waals surface area contributed by atoms with Gasteiger partial charge in [0.05, 0.1) is 0 Å². The number of aromatic nitrogens is 1. The van der Waals surface area contributed by atoms with E-state index in [4.69, 9.17) is 11.6 Å². The van der Waals surface area contributed by atoms with Crippen molar-refractivity contribution in [3.63, 3.8) is 0 Å². The van der Waals surface area contributed by atoms with Gasteiger partial charge < -0.3 is 9.88 Å². The number of nitrogens with one attached hydrogen (secondary N) is 1. The van der Waals surface area contributed by atoms with E-state index in [1.807, 2.05) is 12.1 Å². The summed E-state index contributed by atoms with van der Waals surface area (Å²) in [4.78, 5) is 5.76. The molecule has 3 aromatic rings. The van der Waals surface area contributed by atoms with Gasteiger partial charge >= 0.3 is 0 Å². The molecule has 0 unspecified atom stereocenters. The average Bonchev–Trinajstić information content (AvgIpc) is 2.84. The number of aromatic amines is 1. The molecular formula is C18H19ClN2. The summed E-state index contributed by atoms with van der Waals surface area (Å²) in [5.74, 6) is 0. The van der Waals surface area contributed by atoms with Crippen molar-refractivity contribution in [2.75, 3.05) is 20.6 Å². The molecule has 0 fully saturated rings. The number of benzene rings is 2. The quantitative estimate of drug-likeness (QED) is 0.746. The topological polar surface area (TPSA) is 19.0 Å². The fourth-order valence-corrected chi connectivity index (χ4v) is 2.84. The molecule has 3 rings (SSSR count). The Morgan fingerprint density at radius 3 is 2.52 bits per heavy atom. The van der Waals surface area contributed by atoms with E-state index in [9.17, 15) is 0 Å². The summed E-state index contributed by atoms with van der Waals surface area (Å²) in [5.41, 5.74) is 4.91. The van der Waals surface area contributed by atoms with Gasteiger partial charge in [-0.05, 0) is 49.8 Å². The molecule has 0 atom stereocenters. The SMILES string of the molecule is CN(C)CCc1c(-c2ccccc2)[nH]c2ccc(Cl)cc12. The Hall–Kier alpha value is -1.77. The Morgan fingerprint density at radius 2 is 1.81 bits per heavy atom. The van der Waals surface area contributed by atoms with Crippen LogP contribution < -0.4 is 0 Å². The standard InChI is InChI=1S/C18H19ClN2/c1-21(2)11-10-15-16-12-14(19)8-9-17(16)20-18(15)13-6-4-3-5-7-13/h3-9,12,20H,10-11H2,1-2H3. The van der Waals surface area contributed by atoms with Crippen LogP contribution in [0.3, 0.4) is 0 Å². The van der Waals surface area contributed by atoms with E-state index < -0.39 is 0 Å². The highest BCUT2D eigenvalue weighted by Crippen LogP contribution is 2.32. The molecule has 1 heterocycles. The average molecular weight is 299 g/mol. The predicted octanol–water partition coefficient (Wildman–Crippen LogP) is 4.59. The second kappa shape index (κ2) is 5.92. The van der Waals surface area contributed by atoms with Crippen LogP contribution in [-0.4, -0.2) is 30.5 Å². The van der Waals surface area contributed by atoms with Crippen molar-refractivity contribution in [2.24, 2.45) is 0 Å². The van der Waals surface area contributed by atoms with E-state index >= 15 is 0 Å². The lowest BCUT2D eigenvalue weighted by atomic mass is 10.0. The minimum Gasteiger partial charge on any atom is -0.354 e. The lowest BCUT2D eigenvalue weighted by Gasteiger charge is -2.10. The molecule has 0 aliphatic carbocycles. The number of likely N-dealkylation sites (N-methyl/N-ethyl adjacent to an activating group) is 1. The molecule has 0 aliphatic rings. The van der Waals surface area contributed by atoms with Crippen molar-refractivity contribution in [3.05, 3.63) is 59.1 Å². The smallest absolute Gasteiger partial charge is 0.0497 e. The molecule has 2 aromatic carbocycles. The van der Waals surface area contributed by atoms with Crippen molar-refractivity contribution >= 4 is 22.5 Å². The molecule has 0 saturated heterocycles. The monoisotopic (exact) mass is 298 g/mol. The number of H-pyrrole nitrogens is 1. The van der Waals surface area contributed by atoms with Crippen LogP contribution in [-0.2, 0) is 6.42 Å². The van der Waals surface area contributed by atoms with E-state index in [0.717, 1.165) is 23.5 Å². The third kappa shape index (κ3) is 2.97. The molecule has 0 spiro atoms. The highest BCUT2D eigenvalue weighted by atomic mass is 35.5. The van der Waals surface area contributed by atoms with Crippen molar-refractivity contribution < 1.29 is 0 Å². The zero-order chi connectivity index (χ0) is 14.8. The largest absolute Gasteiger partial charge is 0.354 e. The van der Waals surface area contributed by atoms with Gasteiger partial charge in [-0.2, -0.15) is 0 Å². The summed E-state index contributed by atoms with van der Waals surface area (Å²) in [7, 11) is 4.20. The Morgan fingerprint density at radius 1 is 1.05 bits per heavy atom. The molecule has 21 heavy (non-hydrogen) atoms. The Bertz CT molecular complexity index is 745. The Balaban J connectivity index is 2.16. The first kappa shape index (κ1) is 14.2. The number of fused-ring (bicyclic) bond motifs is 1. The number of hydrogen-bond acceptors (Lipinski definition) is 1. The summed E-state index contributed by atoms with van der Waals surface area (Å²) < 4.78 is 0. The number of halogens is 1. The minimum absolute atomic E-state index is 0.784.